The van der Waals surface area contributed by atoms with Crippen LogP contribution in [0.5, 0.6) is 0 Å². The minimum absolute atomic E-state index is 0.0882. The van der Waals surface area contributed by atoms with E-state index in [9.17, 15) is 19.8 Å². The predicted octanol–water partition coefficient (Wildman–Crippen LogP) is 17.1. The minimum atomic E-state index is -0.779. The number of ether oxygens (including phenoxy) is 1. The summed E-state index contributed by atoms with van der Waals surface area (Å²) >= 11 is 0. The zero-order chi connectivity index (χ0) is 45.2. The van der Waals surface area contributed by atoms with Crippen molar-refractivity contribution in [3.8, 4) is 0 Å². The summed E-state index contributed by atoms with van der Waals surface area (Å²) < 4.78 is 5.96. The number of hydrogen-bond donors (Lipinski definition) is 3. The van der Waals surface area contributed by atoms with Crippen LogP contribution in [0.15, 0.2) is 0 Å². The highest BCUT2D eigenvalue weighted by atomic mass is 16.5. The Hall–Kier alpha value is -1.14. The summed E-state index contributed by atoms with van der Waals surface area (Å²) in [5, 5.41) is 23.8. The standard InChI is InChI=1S/C56H111NO5/c1-4-7-10-13-16-19-22-25-27-28-29-31-34-37-40-43-46-49-56(61)62-52(47-44-41-38-35-32-24-21-18-15-12-9-6-3)50-55(60)57-53(51-58)54(59)48-45-42-39-36-33-30-26-23-20-17-14-11-8-5-2/h52-54,58-59H,4-51H2,1-3H3,(H,57,60). The Labute approximate surface area is 387 Å². The molecule has 62 heavy (non-hydrogen) atoms. The summed E-state index contributed by atoms with van der Waals surface area (Å²) in [6.45, 7) is 6.53. The smallest absolute Gasteiger partial charge is 0.306 e. The fourth-order valence-corrected chi connectivity index (χ4v) is 9.14. The van der Waals surface area contributed by atoms with Crippen LogP contribution >= 0.6 is 0 Å². The molecule has 0 aromatic heterocycles. The van der Waals surface area contributed by atoms with Gasteiger partial charge in [0, 0.05) is 6.42 Å². The first-order valence-corrected chi connectivity index (χ1v) is 28.3. The van der Waals surface area contributed by atoms with Crippen LogP contribution in [-0.4, -0.2) is 46.9 Å². The molecular weight excluding hydrogens is 767 g/mol. The first kappa shape index (κ1) is 60.9. The molecule has 0 aliphatic heterocycles. The number of rotatable bonds is 52. The summed E-state index contributed by atoms with van der Waals surface area (Å²) in [7, 11) is 0. The van der Waals surface area contributed by atoms with Crippen molar-refractivity contribution in [2.24, 2.45) is 0 Å². The van der Waals surface area contributed by atoms with Crippen molar-refractivity contribution in [3.63, 3.8) is 0 Å². The topological polar surface area (TPSA) is 95.9 Å². The van der Waals surface area contributed by atoms with Gasteiger partial charge in [-0.25, -0.2) is 0 Å². The van der Waals surface area contributed by atoms with Gasteiger partial charge in [-0.1, -0.05) is 284 Å². The van der Waals surface area contributed by atoms with Crippen molar-refractivity contribution < 1.29 is 24.5 Å². The zero-order valence-electron chi connectivity index (χ0n) is 42.3. The second-order valence-electron chi connectivity index (χ2n) is 19.7. The molecule has 0 saturated carbocycles. The Balaban J connectivity index is 4.44. The molecule has 0 rings (SSSR count). The van der Waals surface area contributed by atoms with Crippen LogP contribution < -0.4 is 5.32 Å². The molecule has 6 nitrogen and oxygen atoms in total. The van der Waals surface area contributed by atoms with E-state index in [1.54, 1.807) is 0 Å². The average Bonchev–Trinajstić information content (AvgIpc) is 3.26. The van der Waals surface area contributed by atoms with Gasteiger partial charge in [0.15, 0.2) is 0 Å². The lowest BCUT2D eigenvalue weighted by molar-refractivity contribution is -0.151. The third-order valence-electron chi connectivity index (χ3n) is 13.4. The highest BCUT2D eigenvalue weighted by molar-refractivity contribution is 5.77. The number of unbranched alkanes of at least 4 members (excludes halogenated alkanes) is 40. The van der Waals surface area contributed by atoms with Crippen molar-refractivity contribution in [1.82, 2.24) is 5.32 Å². The number of hydrogen-bond acceptors (Lipinski definition) is 5. The Morgan fingerprint density at radius 2 is 0.677 bits per heavy atom. The van der Waals surface area contributed by atoms with Gasteiger partial charge in [-0.05, 0) is 25.7 Å². The molecule has 0 aromatic carbocycles. The predicted molar refractivity (Wildman–Crippen MR) is 269 cm³/mol. The van der Waals surface area contributed by atoms with Gasteiger partial charge in [0.05, 0.1) is 25.2 Å². The minimum Gasteiger partial charge on any atom is -0.462 e. The zero-order valence-corrected chi connectivity index (χ0v) is 42.3. The van der Waals surface area contributed by atoms with E-state index < -0.39 is 18.2 Å². The lowest BCUT2D eigenvalue weighted by Gasteiger charge is -2.24. The number of aliphatic hydroxyl groups is 2. The number of carbonyl (C=O) groups is 2. The molecule has 0 aromatic rings. The maximum Gasteiger partial charge on any atom is 0.306 e. The van der Waals surface area contributed by atoms with E-state index >= 15 is 0 Å². The molecule has 6 heteroatoms. The molecule has 3 unspecified atom stereocenters. The summed E-state index contributed by atoms with van der Waals surface area (Å²) in [4.78, 5) is 26.2. The molecule has 0 saturated heterocycles. The van der Waals surface area contributed by atoms with Crippen LogP contribution in [-0.2, 0) is 14.3 Å². The molecule has 0 heterocycles. The Morgan fingerprint density at radius 1 is 0.403 bits per heavy atom. The molecule has 3 N–H and O–H groups in total. The number of esters is 1. The van der Waals surface area contributed by atoms with Gasteiger partial charge in [-0.15, -0.1) is 0 Å². The molecule has 370 valence electrons. The van der Waals surface area contributed by atoms with Crippen LogP contribution in [0, 0.1) is 0 Å². The first-order valence-electron chi connectivity index (χ1n) is 28.3. The second kappa shape index (κ2) is 50.9. The van der Waals surface area contributed by atoms with E-state index in [1.807, 2.05) is 0 Å². The van der Waals surface area contributed by atoms with E-state index in [4.69, 9.17) is 4.74 Å². The van der Waals surface area contributed by atoms with Gasteiger partial charge >= 0.3 is 5.97 Å². The maximum atomic E-state index is 13.2. The monoisotopic (exact) mass is 878 g/mol. The summed E-state index contributed by atoms with van der Waals surface area (Å²) in [6, 6.07) is -0.692. The molecule has 1 amide bonds. The molecule has 0 aliphatic carbocycles. The van der Waals surface area contributed by atoms with E-state index in [-0.39, 0.29) is 24.9 Å². The van der Waals surface area contributed by atoms with Gasteiger partial charge in [-0.3, -0.25) is 9.59 Å². The first-order chi connectivity index (χ1) is 30.5. The molecule has 0 radical (unpaired) electrons. The highest BCUT2D eigenvalue weighted by Gasteiger charge is 2.24. The number of carbonyl (C=O) groups excluding carboxylic acids is 2. The van der Waals surface area contributed by atoms with Crippen molar-refractivity contribution in [2.75, 3.05) is 6.61 Å². The van der Waals surface area contributed by atoms with Gasteiger partial charge in [0.1, 0.15) is 6.10 Å². The average molecular weight is 879 g/mol. The Kier molecular flexibility index (Phi) is 49.9. The van der Waals surface area contributed by atoms with Crippen molar-refractivity contribution in [1.29, 1.82) is 0 Å². The summed E-state index contributed by atoms with van der Waals surface area (Å²) in [6.07, 6.45) is 55.9. The van der Waals surface area contributed by atoms with E-state index in [0.29, 0.717) is 19.3 Å². The third-order valence-corrected chi connectivity index (χ3v) is 13.4. The van der Waals surface area contributed by atoms with Gasteiger partial charge in [-0.2, -0.15) is 0 Å². The molecule has 0 bridgehead atoms. The summed E-state index contributed by atoms with van der Waals surface area (Å²) in [5.41, 5.74) is 0. The van der Waals surface area contributed by atoms with Crippen LogP contribution in [0.4, 0.5) is 0 Å². The van der Waals surface area contributed by atoms with Crippen LogP contribution in [0.1, 0.15) is 323 Å². The van der Waals surface area contributed by atoms with Gasteiger partial charge in [0.25, 0.3) is 0 Å². The quantitative estimate of drug-likeness (QED) is 0.0418. The van der Waals surface area contributed by atoms with Crippen molar-refractivity contribution in [3.05, 3.63) is 0 Å². The van der Waals surface area contributed by atoms with Crippen LogP contribution in [0.25, 0.3) is 0 Å². The van der Waals surface area contributed by atoms with Crippen LogP contribution in [0.2, 0.25) is 0 Å². The molecule has 0 aliphatic rings. The number of aliphatic hydroxyl groups excluding tert-OH is 2. The Morgan fingerprint density at radius 3 is 0.984 bits per heavy atom. The van der Waals surface area contributed by atoms with E-state index in [0.717, 1.165) is 38.5 Å². The lowest BCUT2D eigenvalue weighted by atomic mass is 10.0. The van der Waals surface area contributed by atoms with Crippen molar-refractivity contribution >= 4 is 11.9 Å². The van der Waals surface area contributed by atoms with Gasteiger partial charge < -0.3 is 20.3 Å². The van der Waals surface area contributed by atoms with Crippen LogP contribution in [0.3, 0.4) is 0 Å². The normalized spacial score (nSPS) is 13.0. The number of amides is 1. The largest absolute Gasteiger partial charge is 0.462 e. The highest BCUT2D eigenvalue weighted by Crippen LogP contribution is 2.19. The molecule has 0 spiro atoms. The van der Waals surface area contributed by atoms with Crippen molar-refractivity contribution in [2.45, 2.75) is 341 Å². The fraction of sp³-hybridized carbons (Fsp3) is 0.964. The summed E-state index contributed by atoms with van der Waals surface area (Å²) in [5.74, 6) is -0.446. The van der Waals surface area contributed by atoms with E-state index in [2.05, 4.69) is 26.1 Å². The lowest BCUT2D eigenvalue weighted by Crippen LogP contribution is -2.46. The second-order valence-corrected chi connectivity index (χ2v) is 19.7. The maximum absolute atomic E-state index is 13.2. The molecule has 3 atom stereocenters. The van der Waals surface area contributed by atoms with E-state index in [1.165, 1.54) is 238 Å². The Bertz CT molecular complexity index is 898. The molecular formula is C56H111NO5. The fourth-order valence-electron chi connectivity index (χ4n) is 9.14. The molecule has 0 fully saturated rings. The SMILES string of the molecule is CCCCCCCCCCCCCCCCCCCC(=O)OC(CCCCCCCCCCCCCC)CC(=O)NC(CO)C(O)CCCCCCCCCCCCCCCC. The number of nitrogens with one attached hydrogen (secondary N) is 1. The third kappa shape index (κ3) is 45.4. The van der Waals surface area contributed by atoms with Gasteiger partial charge in [0.2, 0.25) is 5.91 Å².